The monoisotopic (exact) mass is 284 g/mol. The molecule has 1 saturated carbocycles. The van der Waals surface area contributed by atoms with Crippen LogP contribution in [0.1, 0.15) is 110 Å². The highest BCUT2D eigenvalue weighted by Crippen LogP contribution is 2.37. The zero-order valence-electron chi connectivity index (χ0n) is 13.3. The van der Waals surface area contributed by atoms with E-state index in [0.29, 0.717) is 4.75 Å². The highest BCUT2D eigenvalue weighted by Gasteiger charge is 2.26. The van der Waals surface area contributed by atoms with Gasteiger partial charge in [0.1, 0.15) is 0 Å². The predicted molar refractivity (Wildman–Crippen MR) is 91.3 cm³/mol. The number of rotatable bonds is 11. The minimum Gasteiger partial charge on any atom is -0.173 e. The van der Waals surface area contributed by atoms with E-state index in [1.807, 2.05) is 0 Å². The van der Waals surface area contributed by atoms with Crippen LogP contribution < -0.4 is 0 Å². The smallest absolute Gasteiger partial charge is 0.0130 e. The van der Waals surface area contributed by atoms with E-state index in [0.717, 1.165) is 0 Å². The van der Waals surface area contributed by atoms with Gasteiger partial charge in [0, 0.05) is 4.75 Å². The van der Waals surface area contributed by atoms with E-state index < -0.39 is 0 Å². The summed E-state index contributed by atoms with van der Waals surface area (Å²) in [6, 6.07) is 0. The van der Waals surface area contributed by atoms with Crippen LogP contribution in [0.5, 0.6) is 0 Å². The van der Waals surface area contributed by atoms with Gasteiger partial charge in [-0.1, -0.05) is 90.4 Å². The maximum absolute atomic E-state index is 4.94. The summed E-state index contributed by atoms with van der Waals surface area (Å²) in [5.41, 5.74) is 0. The van der Waals surface area contributed by atoms with Gasteiger partial charge in [-0.05, 0) is 19.3 Å². The van der Waals surface area contributed by atoms with Gasteiger partial charge in [0.05, 0.1) is 0 Å². The van der Waals surface area contributed by atoms with E-state index in [9.17, 15) is 0 Å². The van der Waals surface area contributed by atoms with Crippen LogP contribution in [0.25, 0.3) is 0 Å². The van der Waals surface area contributed by atoms with Gasteiger partial charge in [-0.15, -0.1) is 0 Å². The lowest BCUT2D eigenvalue weighted by Gasteiger charge is -2.32. The summed E-state index contributed by atoms with van der Waals surface area (Å²) in [5.74, 6) is 0. The third-order valence-electron chi connectivity index (χ3n) is 4.78. The molecule has 0 nitrogen and oxygen atoms in total. The van der Waals surface area contributed by atoms with Gasteiger partial charge in [0.25, 0.3) is 0 Å². The molecule has 0 aromatic carbocycles. The Labute approximate surface area is 127 Å². The lowest BCUT2D eigenvalue weighted by atomic mass is 9.84. The molecule has 1 aliphatic rings. The molecular weight excluding hydrogens is 248 g/mol. The van der Waals surface area contributed by atoms with Crippen LogP contribution >= 0.6 is 12.6 Å². The van der Waals surface area contributed by atoms with Gasteiger partial charge in [0.2, 0.25) is 0 Å². The summed E-state index contributed by atoms with van der Waals surface area (Å²) in [4.78, 5) is 0. The lowest BCUT2D eigenvalue weighted by Crippen LogP contribution is -2.24. The molecule has 0 aromatic rings. The van der Waals surface area contributed by atoms with Crippen molar-refractivity contribution in [1.29, 1.82) is 0 Å². The average molecular weight is 285 g/mol. The first-order valence-electron chi connectivity index (χ1n) is 8.99. The Balaban J connectivity index is 1.83. The van der Waals surface area contributed by atoms with E-state index in [-0.39, 0.29) is 0 Å². The first kappa shape index (κ1) is 17.4. The quantitative estimate of drug-likeness (QED) is 0.308. The molecule has 0 bridgehead atoms. The Hall–Kier alpha value is 0.350. The summed E-state index contributed by atoms with van der Waals surface area (Å²) in [7, 11) is 0. The Bertz CT molecular complexity index is 194. The van der Waals surface area contributed by atoms with Crippen molar-refractivity contribution in [3.8, 4) is 0 Å². The first-order valence-corrected chi connectivity index (χ1v) is 9.44. The Morgan fingerprint density at radius 3 is 1.68 bits per heavy atom. The van der Waals surface area contributed by atoms with Gasteiger partial charge < -0.3 is 0 Å². The fourth-order valence-electron chi connectivity index (χ4n) is 3.40. The van der Waals surface area contributed by atoms with Crippen molar-refractivity contribution >= 4 is 12.6 Å². The SMILES string of the molecule is CCCCCCCCCCCCC1(S)CCCCC1. The molecule has 0 radical (unpaired) electrons. The normalized spacial score (nSPS) is 18.6. The number of hydrogen-bond acceptors (Lipinski definition) is 1. The molecular formula is C18H36S. The average Bonchev–Trinajstić information content (AvgIpc) is 2.42. The Morgan fingerprint density at radius 2 is 1.16 bits per heavy atom. The van der Waals surface area contributed by atoms with Crippen LogP contribution in [-0.2, 0) is 0 Å². The third-order valence-corrected chi connectivity index (χ3v) is 5.45. The minimum atomic E-state index is 0.415. The van der Waals surface area contributed by atoms with Gasteiger partial charge >= 0.3 is 0 Å². The summed E-state index contributed by atoms with van der Waals surface area (Å²) < 4.78 is 0.415. The molecule has 114 valence electrons. The van der Waals surface area contributed by atoms with Crippen molar-refractivity contribution < 1.29 is 0 Å². The van der Waals surface area contributed by atoms with Gasteiger partial charge in [0.15, 0.2) is 0 Å². The highest BCUT2D eigenvalue weighted by molar-refractivity contribution is 7.81. The van der Waals surface area contributed by atoms with E-state index in [1.165, 1.54) is 103 Å². The van der Waals surface area contributed by atoms with E-state index in [1.54, 1.807) is 0 Å². The molecule has 1 rings (SSSR count). The topological polar surface area (TPSA) is 0 Å². The molecule has 0 spiro atoms. The molecule has 0 saturated heterocycles. The van der Waals surface area contributed by atoms with Gasteiger partial charge in [-0.2, -0.15) is 12.6 Å². The number of thiol groups is 1. The predicted octanol–water partition coefficient (Wildman–Crippen LogP) is 6.93. The fourth-order valence-corrected chi connectivity index (χ4v) is 3.88. The summed E-state index contributed by atoms with van der Waals surface area (Å²) in [6.07, 6.45) is 22.8. The van der Waals surface area contributed by atoms with Crippen molar-refractivity contribution in [1.82, 2.24) is 0 Å². The van der Waals surface area contributed by atoms with Crippen LogP contribution in [-0.4, -0.2) is 4.75 Å². The second-order valence-electron chi connectivity index (χ2n) is 6.72. The minimum absolute atomic E-state index is 0.415. The second-order valence-corrected chi connectivity index (χ2v) is 7.67. The summed E-state index contributed by atoms with van der Waals surface area (Å²) in [6.45, 7) is 2.29. The fraction of sp³-hybridized carbons (Fsp3) is 1.00. The van der Waals surface area contributed by atoms with Crippen LogP contribution in [0.2, 0.25) is 0 Å². The van der Waals surface area contributed by atoms with Crippen molar-refractivity contribution in [2.45, 2.75) is 114 Å². The Kier molecular flexibility index (Phi) is 10.1. The zero-order chi connectivity index (χ0) is 13.8. The first-order chi connectivity index (χ1) is 9.27. The molecule has 1 aliphatic carbocycles. The van der Waals surface area contributed by atoms with Crippen LogP contribution in [0.3, 0.4) is 0 Å². The molecule has 0 amide bonds. The summed E-state index contributed by atoms with van der Waals surface area (Å²) in [5, 5.41) is 0. The second kappa shape index (κ2) is 11.1. The van der Waals surface area contributed by atoms with Crippen LogP contribution in [0, 0.1) is 0 Å². The molecule has 0 N–H and O–H groups in total. The van der Waals surface area contributed by atoms with Crippen LogP contribution in [0.15, 0.2) is 0 Å². The number of unbranched alkanes of at least 4 members (excludes halogenated alkanes) is 9. The van der Waals surface area contributed by atoms with Crippen molar-refractivity contribution in [2.24, 2.45) is 0 Å². The van der Waals surface area contributed by atoms with Crippen molar-refractivity contribution in [2.75, 3.05) is 0 Å². The van der Waals surface area contributed by atoms with Gasteiger partial charge in [-0.3, -0.25) is 0 Å². The molecule has 0 aliphatic heterocycles. The third kappa shape index (κ3) is 9.00. The lowest BCUT2D eigenvalue weighted by molar-refractivity contribution is 0.368. The molecule has 1 heteroatoms. The van der Waals surface area contributed by atoms with E-state index >= 15 is 0 Å². The molecule has 19 heavy (non-hydrogen) atoms. The van der Waals surface area contributed by atoms with Crippen molar-refractivity contribution in [3.63, 3.8) is 0 Å². The number of hydrogen-bond donors (Lipinski definition) is 1. The zero-order valence-corrected chi connectivity index (χ0v) is 14.2. The highest BCUT2D eigenvalue weighted by atomic mass is 32.1. The van der Waals surface area contributed by atoms with Gasteiger partial charge in [-0.25, -0.2) is 0 Å². The van der Waals surface area contributed by atoms with Crippen LogP contribution in [0.4, 0.5) is 0 Å². The molecule has 0 atom stereocenters. The molecule has 0 aromatic heterocycles. The van der Waals surface area contributed by atoms with Crippen molar-refractivity contribution in [3.05, 3.63) is 0 Å². The largest absolute Gasteiger partial charge is 0.173 e. The van der Waals surface area contributed by atoms with E-state index in [2.05, 4.69) is 6.92 Å². The summed E-state index contributed by atoms with van der Waals surface area (Å²) >= 11 is 4.94. The molecule has 0 unspecified atom stereocenters. The maximum Gasteiger partial charge on any atom is 0.0130 e. The Morgan fingerprint density at radius 1 is 0.684 bits per heavy atom. The molecule has 0 heterocycles. The standard InChI is InChI=1S/C18H36S/c1-2-3-4-5-6-7-8-9-10-12-15-18(19)16-13-11-14-17-18/h19H,2-17H2,1H3. The maximum atomic E-state index is 4.94. The van der Waals surface area contributed by atoms with E-state index in [4.69, 9.17) is 12.6 Å². The molecule has 1 fully saturated rings.